The summed E-state index contributed by atoms with van der Waals surface area (Å²) in [6.07, 6.45) is 0. The van der Waals surface area contributed by atoms with E-state index in [2.05, 4.69) is 10.5 Å². The molecule has 0 saturated carbocycles. The zero-order chi connectivity index (χ0) is 14.7. The van der Waals surface area contributed by atoms with Gasteiger partial charge in [-0.2, -0.15) is 0 Å². The van der Waals surface area contributed by atoms with Gasteiger partial charge in [0.1, 0.15) is 5.69 Å². The lowest BCUT2D eigenvalue weighted by atomic mass is 10.1. The molecular weight excluding hydrogens is 284 g/mol. The first-order valence-corrected chi connectivity index (χ1v) is 7.45. The second-order valence-corrected chi connectivity index (χ2v) is 5.66. The van der Waals surface area contributed by atoms with E-state index in [1.165, 1.54) is 0 Å². The summed E-state index contributed by atoms with van der Waals surface area (Å²) in [5.41, 5.74) is 2.42. The van der Waals surface area contributed by atoms with Gasteiger partial charge in [0.05, 0.1) is 11.4 Å². The maximum Gasteiger partial charge on any atom is 0.251 e. The minimum Gasteiger partial charge on any atom is -0.355 e. The van der Waals surface area contributed by atoms with Gasteiger partial charge in [0.2, 0.25) is 0 Å². The van der Waals surface area contributed by atoms with Crippen LogP contribution in [0.1, 0.15) is 21.6 Å². The third-order valence-corrected chi connectivity index (χ3v) is 3.92. The van der Waals surface area contributed by atoms with Crippen LogP contribution in [0.3, 0.4) is 0 Å². The topological polar surface area (TPSA) is 55.1 Å². The summed E-state index contributed by atoms with van der Waals surface area (Å²) in [5, 5.41) is 8.80. The summed E-state index contributed by atoms with van der Waals surface area (Å²) in [5.74, 6) is 0.615. The quantitative estimate of drug-likeness (QED) is 0.800. The Bertz CT molecular complexity index is 747. The molecule has 0 radical (unpaired) electrons. The van der Waals surface area contributed by atoms with Crippen molar-refractivity contribution in [1.82, 2.24) is 10.5 Å². The summed E-state index contributed by atoms with van der Waals surface area (Å²) >= 11 is 1.59. The number of rotatable bonds is 4. The maximum atomic E-state index is 12.0. The maximum absolute atomic E-state index is 12.0. The van der Waals surface area contributed by atoms with E-state index in [4.69, 9.17) is 4.52 Å². The van der Waals surface area contributed by atoms with Crippen LogP contribution in [-0.4, -0.2) is 11.1 Å². The average Bonchev–Trinajstić information content (AvgIpc) is 3.15. The third-order valence-electron chi connectivity index (χ3n) is 3.03. The van der Waals surface area contributed by atoms with Gasteiger partial charge in [0, 0.05) is 11.6 Å². The Balaban J connectivity index is 1.64. The number of aryl methyl sites for hydroxylation is 1. The molecule has 0 unspecified atom stereocenters. The Kier molecular flexibility index (Phi) is 3.83. The van der Waals surface area contributed by atoms with E-state index in [-0.39, 0.29) is 5.91 Å². The lowest BCUT2D eigenvalue weighted by Gasteiger charge is -2.03. The highest BCUT2D eigenvalue weighted by Crippen LogP contribution is 2.25. The van der Waals surface area contributed by atoms with Crippen LogP contribution in [0, 0.1) is 6.92 Å². The van der Waals surface area contributed by atoms with E-state index in [0.717, 1.165) is 16.2 Å². The molecule has 0 aliphatic rings. The van der Waals surface area contributed by atoms with Crippen LogP contribution in [-0.2, 0) is 6.54 Å². The molecule has 21 heavy (non-hydrogen) atoms. The molecule has 1 amide bonds. The lowest BCUT2D eigenvalue weighted by Crippen LogP contribution is -2.22. The molecule has 5 heteroatoms. The van der Waals surface area contributed by atoms with Crippen molar-refractivity contribution in [2.75, 3.05) is 0 Å². The predicted octanol–water partition coefficient (Wildman–Crippen LogP) is 3.64. The molecule has 1 N–H and O–H groups in total. The van der Waals surface area contributed by atoms with Gasteiger partial charge in [0.15, 0.2) is 5.76 Å². The normalized spacial score (nSPS) is 10.5. The number of hydrogen-bond acceptors (Lipinski definition) is 4. The highest BCUT2D eigenvalue weighted by Gasteiger charge is 2.10. The molecule has 0 fully saturated rings. The Morgan fingerprint density at radius 1 is 1.29 bits per heavy atom. The molecule has 0 bridgehead atoms. The summed E-state index contributed by atoms with van der Waals surface area (Å²) in [7, 11) is 0. The van der Waals surface area contributed by atoms with Crippen molar-refractivity contribution < 1.29 is 9.32 Å². The fourth-order valence-electron chi connectivity index (χ4n) is 1.99. The number of thiophene rings is 1. The molecule has 0 spiro atoms. The summed E-state index contributed by atoms with van der Waals surface area (Å²) < 4.78 is 5.28. The van der Waals surface area contributed by atoms with Crippen LogP contribution in [0.15, 0.2) is 52.4 Å². The number of benzene rings is 1. The number of carbonyl (C=O) groups excluding carboxylic acids is 1. The lowest BCUT2D eigenvalue weighted by molar-refractivity contribution is 0.0950. The summed E-state index contributed by atoms with van der Waals surface area (Å²) in [6.45, 7) is 2.31. The van der Waals surface area contributed by atoms with Crippen molar-refractivity contribution in [3.63, 3.8) is 0 Å². The highest BCUT2D eigenvalue weighted by atomic mass is 32.1. The Hall–Kier alpha value is -2.40. The molecule has 0 saturated heterocycles. The third kappa shape index (κ3) is 3.20. The zero-order valence-electron chi connectivity index (χ0n) is 11.5. The molecular formula is C16H14N2O2S. The number of carbonyl (C=O) groups is 1. The fourth-order valence-corrected chi connectivity index (χ4v) is 2.66. The minimum absolute atomic E-state index is 0.112. The van der Waals surface area contributed by atoms with Crippen molar-refractivity contribution in [3.8, 4) is 10.6 Å². The van der Waals surface area contributed by atoms with Gasteiger partial charge in [0.25, 0.3) is 5.91 Å². The monoisotopic (exact) mass is 298 g/mol. The van der Waals surface area contributed by atoms with E-state index >= 15 is 0 Å². The van der Waals surface area contributed by atoms with Gasteiger partial charge in [-0.15, -0.1) is 11.3 Å². The average molecular weight is 298 g/mol. The molecule has 0 aliphatic carbocycles. The number of nitrogens with one attached hydrogen (secondary N) is 1. The number of amides is 1. The van der Waals surface area contributed by atoms with E-state index in [0.29, 0.717) is 17.8 Å². The second-order valence-electron chi connectivity index (χ2n) is 4.71. The molecule has 2 aromatic heterocycles. The molecule has 0 aliphatic heterocycles. The van der Waals surface area contributed by atoms with E-state index in [1.807, 2.05) is 48.7 Å². The molecule has 0 atom stereocenters. The van der Waals surface area contributed by atoms with Crippen LogP contribution in [0.25, 0.3) is 10.6 Å². The van der Waals surface area contributed by atoms with Crippen LogP contribution >= 0.6 is 11.3 Å². The van der Waals surface area contributed by atoms with Crippen LogP contribution in [0.4, 0.5) is 0 Å². The number of aromatic nitrogens is 1. The molecule has 1 aromatic carbocycles. The molecule has 2 heterocycles. The first kappa shape index (κ1) is 13.6. The van der Waals surface area contributed by atoms with Crippen molar-refractivity contribution in [2.24, 2.45) is 0 Å². The second kappa shape index (κ2) is 5.93. The molecule has 106 valence electrons. The van der Waals surface area contributed by atoms with E-state index < -0.39 is 0 Å². The Morgan fingerprint density at radius 2 is 2.19 bits per heavy atom. The first-order chi connectivity index (χ1) is 10.2. The first-order valence-electron chi connectivity index (χ1n) is 6.57. The standard InChI is InChI=1S/C16H14N2O2S/c1-11-4-2-5-12(8-11)16(19)17-10-13-9-14(20-18-13)15-6-3-7-21-15/h2-9H,10H2,1H3,(H,17,19). The smallest absolute Gasteiger partial charge is 0.251 e. The van der Waals surface area contributed by atoms with Gasteiger partial charge in [-0.1, -0.05) is 28.9 Å². The van der Waals surface area contributed by atoms with Crippen LogP contribution < -0.4 is 5.32 Å². The zero-order valence-corrected chi connectivity index (χ0v) is 12.3. The Morgan fingerprint density at radius 3 is 2.95 bits per heavy atom. The van der Waals surface area contributed by atoms with Crippen molar-refractivity contribution in [3.05, 3.63) is 64.7 Å². The summed E-state index contributed by atoms with van der Waals surface area (Å²) in [6, 6.07) is 13.3. The van der Waals surface area contributed by atoms with Crippen LogP contribution in [0.2, 0.25) is 0 Å². The van der Waals surface area contributed by atoms with Gasteiger partial charge >= 0.3 is 0 Å². The van der Waals surface area contributed by atoms with E-state index in [9.17, 15) is 4.79 Å². The Labute approximate surface area is 126 Å². The van der Waals surface area contributed by atoms with Gasteiger partial charge < -0.3 is 9.84 Å². The molecule has 4 nitrogen and oxygen atoms in total. The van der Waals surface area contributed by atoms with Crippen LogP contribution in [0.5, 0.6) is 0 Å². The predicted molar refractivity (Wildman–Crippen MR) is 82.2 cm³/mol. The van der Waals surface area contributed by atoms with Gasteiger partial charge in [-0.25, -0.2) is 0 Å². The van der Waals surface area contributed by atoms with Crippen molar-refractivity contribution in [2.45, 2.75) is 13.5 Å². The largest absolute Gasteiger partial charge is 0.355 e. The number of nitrogens with zero attached hydrogens (tertiary/aromatic N) is 1. The SMILES string of the molecule is Cc1cccc(C(=O)NCc2cc(-c3cccs3)on2)c1. The van der Waals surface area contributed by atoms with E-state index in [1.54, 1.807) is 17.4 Å². The fraction of sp³-hybridized carbons (Fsp3) is 0.125. The van der Waals surface area contributed by atoms with Gasteiger partial charge in [-0.05, 0) is 30.5 Å². The minimum atomic E-state index is -0.112. The molecule has 3 aromatic rings. The highest BCUT2D eigenvalue weighted by molar-refractivity contribution is 7.13. The van der Waals surface area contributed by atoms with Crippen molar-refractivity contribution in [1.29, 1.82) is 0 Å². The molecule has 3 rings (SSSR count). The number of hydrogen-bond donors (Lipinski definition) is 1. The van der Waals surface area contributed by atoms with Crippen molar-refractivity contribution >= 4 is 17.2 Å². The van der Waals surface area contributed by atoms with Gasteiger partial charge in [-0.3, -0.25) is 4.79 Å². The summed E-state index contributed by atoms with van der Waals surface area (Å²) in [4.78, 5) is 13.1.